The van der Waals surface area contributed by atoms with Gasteiger partial charge in [0.1, 0.15) is 10.6 Å². The zero-order valence-corrected chi connectivity index (χ0v) is 13.5. The topological polar surface area (TPSA) is 102 Å². The lowest BCUT2D eigenvalue weighted by atomic mass is 10.2. The van der Waals surface area contributed by atoms with Gasteiger partial charge in [0.05, 0.1) is 18.1 Å². The molecule has 2 unspecified atom stereocenters. The fraction of sp³-hybridized carbons (Fsp3) is 0.538. The summed E-state index contributed by atoms with van der Waals surface area (Å²) in [5.41, 5.74) is -0.211. The van der Waals surface area contributed by atoms with Gasteiger partial charge in [0, 0.05) is 31.2 Å². The van der Waals surface area contributed by atoms with Crippen molar-refractivity contribution in [2.75, 3.05) is 20.2 Å². The summed E-state index contributed by atoms with van der Waals surface area (Å²) in [7, 11) is -2.49. The number of ether oxygens (including phenoxy) is 1. The summed E-state index contributed by atoms with van der Waals surface area (Å²) < 4.78 is 32.2. The Morgan fingerprint density at radius 2 is 2.09 bits per heavy atom. The molecule has 2 rings (SSSR count). The van der Waals surface area contributed by atoms with Gasteiger partial charge in [-0.05, 0) is 19.9 Å². The smallest absolute Gasteiger partial charge is 0.273 e. The predicted octanol–water partition coefficient (Wildman–Crippen LogP) is 0.974. The van der Waals surface area contributed by atoms with Crippen LogP contribution in [-0.2, 0) is 10.0 Å². The summed E-state index contributed by atoms with van der Waals surface area (Å²) in [6.45, 7) is 4.61. The first-order valence-corrected chi connectivity index (χ1v) is 8.29. The third kappa shape index (κ3) is 3.06. The molecule has 1 saturated heterocycles. The van der Waals surface area contributed by atoms with Crippen LogP contribution >= 0.6 is 0 Å². The number of rotatable bonds is 4. The molecule has 0 radical (unpaired) electrons. The first kappa shape index (κ1) is 16.7. The molecule has 0 saturated carbocycles. The number of piperazine rings is 1. The highest BCUT2D eigenvalue weighted by atomic mass is 32.2. The molecule has 0 spiro atoms. The van der Waals surface area contributed by atoms with E-state index in [1.54, 1.807) is 0 Å². The van der Waals surface area contributed by atoms with Gasteiger partial charge in [0.25, 0.3) is 5.69 Å². The maximum atomic E-state index is 12.9. The normalized spacial score (nSPS) is 23.2. The van der Waals surface area contributed by atoms with Gasteiger partial charge in [-0.15, -0.1) is 0 Å². The number of nitrogens with one attached hydrogen (secondary N) is 1. The SMILES string of the molecule is COc1cc([N+](=O)[O-])ccc1S(=O)(=O)N1CC(C)NCC1C. The first-order valence-electron chi connectivity index (χ1n) is 6.85. The Balaban J connectivity index is 2.46. The monoisotopic (exact) mass is 329 g/mol. The van der Waals surface area contributed by atoms with Gasteiger partial charge in [0.2, 0.25) is 10.0 Å². The molecule has 2 atom stereocenters. The molecule has 22 heavy (non-hydrogen) atoms. The maximum absolute atomic E-state index is 12.9. The molecule has 0 aliphatic carbocycles. The minimum atomic E-state index is -3.78. The molecular formula is C13H19N3O5S. The van der Waals surface area contributed by atoms with E-state index in [1.807, 2.05) is 13.8 Å². The van der Waals surface area contributed by atoms with E-state index >= 15 is 0 Å². The van der Waals surface area contributed by atoms with Gasteiger partial charge in [-0.3, -0.25) is 10.1 Å². The van der Waals surface area contributed by atoms with Gasteiger partial charge in [-0.1, -0.05) is 0 Å². The van der Waals surface area contributed by atoms with E-state index in [2.05, 4.69) is 5.32 Å². The number of nitro benzene ring substituents is 1. The highest BCUT2D eigenvalue weighted by Gasteiger charge is 2.35. The highest BCUT2D eigenvalue weighted by molar-refractivity contribution is 7.89. The first-order chi connectivity index (χ1) is 10.3. The lowest BCUT2D eigenvalue weighted by molar-refractivity contribution is -0.385. The summed E-state index contributed by atoms with van der Waals surface area (Å²) in [5.74, 6) is -0.0208. The standard InChI is InChI=1S/C13H19N3O5S/c1-9-8-15(10(2)7-14-9)22(19,20)13-5-4-11(16(17)18)6-12(13)21-3/h4-6,9-10,14H,7-8H2,1-3H3. The second kappa shape index (κ2) is 6.19. The largest absolute Gasteiger partial charge is 0.495 e. The van der Waals surface area contributed by atoms with Gasteiger partial charge in [-0.25, -0.2) is 8.42 Å². The van der Waals surface area contributed by atoms with Crippen LogP contribution in [0.25, 0.3) is 0 Å². The third-order valence-corrected chi connectivity index (χ3v) is 5.67. The lowest BCUT2D eigenvalue weighted by Crippen LogP contribution is -2.56. The van der Waals surface area contributed by atoms with Crippen LogP contribution < -0.4 is 10.1 Å². The van der Waals surface area contributed by atoms with E-state index in [9.17, 15) is 18.5 Å². The van der Waals surface area contributed by atoms with Crippen molar-refractivity contribution in [2.45, 2.75) is 30.8 Å². The molecule has 1 aromatic carbocycles. The van der Waals surface area contributed by atoms with Crippen molar-refractivity contribution in [3.63, 3.8) is 0 Å². The van der Waals surface area contributed by atoms with Crippen LogP contribution in [0.15, 0.2) is 23.1 Å². The highest BCUT2D eigenvalue weighted by Crippen LogP contribution is 2.31. The van der Waals surface area contributed by atoms with E-state index < -0.39 is 14.9 Å². The molecule has 1 heterocycles. The van der Waals surface area contributed by atoms with E-state index in [1.165, 1.54) is 23.5 Å². The summed E-state index contributed by atoms with van der Waals surface area (Å²) in [4.78, 5) is 10.2. The number of sulfonamides is 1. The average molecular weight is 329 g/mol. The predicted molar refractivity (Wildman–Crippen MR) is 80.5 cm³/mol. The van der Waals surface area contributed by atoms with E-state index in [4.69, 9.17) is 4.74 Å². The molecule has 8 nitrogen and oxygen atoms in total. The van der Waals surface area contributed by atoms with Gasteiger partial charge < -0.3 is 10.1 Å². The van der Waals surface area contributed by atoms with Crippen LogP contribution in [0.2, 0.25) is 0 Å². The Hall–Kier alpha value is -1.71. The Bertz CT molecular complexity index is 676. The molecule has 0 amide bonds. The van der Waals surface area contributed by atoms with E-state index in [-0.39, 0.29) is 28.4 Å². The maximum Gasteiger partial charge on any atom is 0.273 e. The fourth-order valence-electron chi connectivity index (χ4n) is 2.43. The van der Waals surface area contributed by atoms with E-state index in [0.29, 0.717) is 13.1 Å². The number of nitrogens with zero attached hydrogens (tertiary/aromatic N) is 2. The minimum absolute atomic E-state index is 0.0208. The summed E-state index contributed by atoms with van der Waals surface area (Å²) in [6, 6.07) is 3.36. The van der Waals surface area contributed by atoms with Crippen LogP contribution in [0.5, 0.6) is 5.75 Å². The molecule has 1 aromatic rings. The number of methoxy groups -OCH3 is 1. The molecule has 9 heteroatoms. The molecule has 122 valence electrons. The van der Waals surface area contributed by atoms with Crippen molar-refractivity contribution in [1.29, 1.82) is 0 Å². The molecule has 0 aromatic heterocycles. The minimum Gasteiger partial charge on any atom is -0.495 e. The van der Waals surface area contributed by atoms with Gasteiger partial charge in [0.15, 0.2) is 0 Å². The number of hydrogen-bond donors (Lipinski definition) is 1. The quantitative estimate of drug-likeness (QED) is 0.652. The van der Waals surface area contributed by atoms with Crippen molar-refractivity contribution in [3.8, 4) is 5.75 Å². The van der Waals surface area contributed by atoms with Crippen molar-refractivity contribution in [2.24, 2.45) is 0 Å². The van der Waals surface area contributed by atoms with E-state index in [0.717, 1.165) is 6.07 Å². The number of non-ortho nitro benzene ring substituents is 1. The summed E-state index contributed by atoms with van der Waals surface area (Å²) >= 11 is 0. The second-order valence-corrected chi connectivity index (χ2v) is 7.18. The number of hydrogen-bond acceptors (Lipinski definition) is 6. The van der Waals surface area contributed by atoms with Crippen molar-refractivity contribution in [1.82, 2.24) is 9.62 Å². The zero-order chi connectivity index (χ0) is 16.5. The molecule has 0 bridgehead atoms. The zero-order valence-electron chi connectivity index (χ0n) is 12.6. The summed E-state index contributed by atoms with van der Waals surface area (Å²) in [5, 5.41) is 14.0. The Kier molecular flexibility index (Phi) is 4.69. The van der Waals surface area contributed by atoms with Crippen molar-refractivity contribution in [3.05, 3.63) is 28.3 Å². The van der Waals surface area contributed by atoms with Crippen LogP contribution in [0, 0.1) is 10.1 Å². The molecule has 1 fully saturated rings. The average Bonchev–Trinajstić information content (AvgIpc) is 2.48. The van der Waals surface area contributed by atoms with Gasteiger partial charge in [-0.2, -0.15) is 4.31 Å². The lowest BCUT2D eigenvalue weighted by Gasteiger charge is -2.36. The Morgan fingerprint density at radius 1 is 1.41 bits per heavy atom. The Labute approximate surface area is 129 Å². The van der Waals surface area contributed by atoms with Crippen LogP contribution in [0.1, 0.15) is 13.8 Å². The molecule has 1 aliphatic rings. The number of nitro groups is 1. The van der Waals surface area contributed by atoms with Crippen LogP contribution in [-0.4, -0.2) is 49.9 Å². The van der Waals surface area contributed by atoms with Gasteiger partial charge >= 0.3 is 0 Å². The molecule has 1 aliphatic heterocycles. The van der Waals surface area contributed by atoms with Crippen molar-refractivity contribution >= 4 is 15.7 Å². The summed E-state index contributed by atoms with van der Waals surface area (Å²) in [6.07, 6.45) is 0. The fourth-order valence-corrected chi connectivity index (χ4v) is 4.29. The second-order valence-electron chi connectivity index (χ2n) is 5.33. The molecular weight excluding hydrogens is 310 g/mol. The van der Waals surface area contributed by atoms with Crippen molar-refractivity contribution < 1.29 is 18.1 Å². The molecule has 1 N–H and O–H groups in total. The van der Waals surface area contributed by atoms with Crippen LogP contribution in [0.3, 0.4) is 0 Å². The number of benzene rings is 1. The Morgan fingerprint density at radius 3 is 2.68 bits per heavy atom. The third-order valence-electron chi connectivity index (χ3n) is 3.65. The van der Waals surface area contributed by atoms with Crippen LogP contribution in [0.4, 0.5) is 5.69 Å².